The van der Waals surface area contributed by atoms with Gasteiger partial charge in [0.1, 0.15) is 0 Å². The van der Waals surface area contributed by atoms with Crippen LogP contribution in [-0.2, 0) is 0 Å². The van der Waals surface area contributed by atoms with Gasteiger partial charge in [-0.15, -0.1) is 11.3 Å². The summed E-state index contributed by atoms with van der Waals surface area (Å²) >= 11 is 1.74. The normalized spacial score (nSPS) is 12.8. The molecule has 1 aromatic rings. The van der Waals surface area contributed by atoms with Crippen molar-refractivity contribution >= 4 is 11.3 Å². The lowest BCUT2D eigenvalue weighted by Crippen LogP contribution is -2.28. The largest absolute Gasteiger partial charge is 0.329 e. The minimum Gasteiger partial charge on any atom is -0.329 e. The molecule has 13 heavy (non-hydrogen) atoms. The van der Waals surface area contributed by atoms with E-state index in [1.165, 1.54) is 4.88 Å². The van der Waals surface area contributed by atoms with Gasteiger partial charge in [0.25, 0.3) is 0 Å². The van der Waals surface area contributed by atoms with Gasteiger partial charge in [-0.3, -0.25) is 0 Å². The van der Waals surface area contributed by atoms with E-state index in [1.54, 1.807) is 11.3 Å². The lowest BCUT2D eigenvalue weighted by Gasteiger charge is -2.14. The Morgan fingerprint density at radius 3 is 3.00 bits per heavy atom. The van der Waals surface area contributed by atoms with Crippen molar-refractivity contribution in [3.63, 3.8) is 0 Å². The van der Waals surface area contributed by atoms with E-state index in [1.807, 2.05) is 13.0 Å². The molecule has 0 radical (unpaired) electrons. The average Bonchev–Trinajstić information content (AvgIpc) is 2.58. The van der Waals surface area contributed by atoms with Gasteiger partial charge < -0.3 is 11.1 Å². The predicted molar refractivity (Wildman–Crippen MR) is 58.9 cm³/mol. The van der Waals surface area contributed by atoms with E-state index in [2.05, 4.69) is 23.3 Å². The summed E-state index contributed by atoms with van der Waals surface area (Å²) in [4.78, 5) is 1.30. The maximum absolute atomic E-state index is 5.66. The molecular weight excluding hydrogens is 180 g/mol. The highest BCUT2D eigenvalue weighted by atomic mass is 32.1. The first-order chi connectivity index (χ1) is 6.24. The van der Waals surface area contributed by atoms with Crippen LogP contribution in [0, 0.1) is 0 Å². The molecule has 1 atom stereocenters. The van der Waals surface area contributed by atoms with E-state index >= 15 is 0 Å². The molecule has 72 valence electrons. The van der Waals surface area contributed by atoms with Gasteiger partial charge >= 0.3 is 0 Å². The van der Waals surface area contributed by atoms with Crippen LogP contribution in [0.4, 0.5) is 0 Å². The Morgan fingerprint density at radius 1 is 1.77 bits per heavy atom. The molecule has 0 saturated carbocycles. The van der Waals surface area contributed by atoms with Crippen LogP contribution in [0.3, 0.4) is 0 Å². The SMILES string of the molecule is C=C(C)CNC(CN)c1cccs1. The van der Waals surface area contributed by atoms with Gasteiger partial charge in [0.15, 0.2) is 0 Å². The van der Waals surface area contributed by atoms with Crippen molar-refractivity contribution in [1.29, 1.82) is 0 Å². The summed E-state index contributed by atoms with van der Waals surface area (Å²) in [5.74, 6) is 0. The van der Waals surface area contributed by atoms with Gasteiger partial charge in [-0.2, -0.15) is 0 Å². The zero-order chi connectivity index (χ0) is 9.68. The lowest BCUT2D eigenvalue weighted by atomic mass is 10.2. The summed E-state index contributed by atoms with van der Waals surface area (Å²) in [6, 6.07) is 4.43. The van der Waals surface area contributed by atoms with E-state index in [4.69, 9.17) is 5.73 Å². The van der Waals surface area contributed by atoms with Crippen LogP contribution in [0.1, 0.15) is 17.8 Å². The first-order valence-corrected chi connectivity index (χ1v) is 5.23. The van der Waals surface area contributed by atoms with E-state index in [9.17, 15) is 0 Å². The van der Waals surface area contributed by atoms with E-state index in [0.717, 1.165) is 12.1 Å². The standard InChI is InChI=1S/C10H16N2S/c1-8(2)7-12-9(6-11)10-4-3-5-13-10/h3-5,9,12H,1,6-7,11H2,2H3. The smallest absolute Gasteiger partial charge is 0.0541 e. The Bertz CT molecular complexity index is 254. The average molecular weight is 196 g/mol. The van der Waals surface area contributed by atoms with E-state index < -0.39 is 0 Å². The van der Waals surface area contributed by atoms with Crippen molar-refractivity contribution in [2.75, 3.05) is 13.1 Å². The molecule has 0 bridgehead atoms. The van der Waals surface area contributed by atoms with Crippen molar-refractivity contribution in [2.45, 2.75) is 13.0 Å². The van der Waals surface area contributed by atoms with Gasteiger partial charge in [0, 0.05) is 18.0 Å². The zero-order valence-corrected chi connectivity index (χ0v) is 8.73. The first-order valence-electron chi connectivity index (χ1n) is 4.35. The van der Waals surface area contributed by atoms with Crippen LogP contribution < -0.4 is 11.1 Å². The molecule has 0 aliphatic heterocycles. The van der Waals surface area contributed by atoms with Crippen molar-refractivity contribution < 1.29 is 0 Å². The molecule has 0 amide bonds. The summed E-state index contributed by atoms with van der Waals surface area (Å²) in [5, 5.41) is 5.43. The Labute approximate surface area is 83.5 Å². The summed E-state index contributed by atoms with van der Waals surface area (Å²) in [5.41, 5.74) is 6.80. The van der Waals surface area contributed by atoms with Gasteiger partial charge in [0.2, 0.25) is 0 Å². The molecule has 0 saturated heterocycles. The molecule has 1 aromatic heterocycles. The Kier molecular flexibility index (Phi) is 4.15. The predicted octanol–water partition coefficient (Wildman–Crippen LogP) is 1.91. The second-order valence-corrected chi connectivity index (χ2v) is 4.12. The summed E-state index contributed by atoms with van der Waals surface area (Å²) in [7, 11) is 0. The third-order valence-electron chi connectivity index (χ3n) is 1.77. The minimum atomic E-state index is 0.275. The third kappa shape index (κ3) is 3.30. The molecule has 1 unspecified atom stereocenters. The summed E-state index contributed by atoms with van der Waals surface area (Å²) < 4.78 is 0. The fourth-order valence-electron chi connectivity index (χ4n) is 1.09. The second kappa shape index (κ2) is 5.17. The van der Waals surface area contributed by atoms with Crippen molar-refractivity contribution in [3.8, 4) is 0 Å². The fraction of sp³-hybridized carbons (Fsp3) is 0.400. The molecule has 0 aromatic carbocycles. The molecule has 2 nitrogen and oxygen atoms in total. The van der Waals surface area contributed by atoms with Crippen LogP contribution in [-0.4, -0.2) is 13.1 Å². The maximum Gasteiger partial charge on any atom is 0.0541 e. The van der Waals surface area contributed by atoms with Gasteiger partial charge in [-0.25, -0.2) is 0 Å². The topological polar surface area (TPSA) is 38.0 Å². The van der Waals surface area contributed by atoms with E-state index in [-0.39, 0.29) is 6.04 Å². The van der Waals surface area contributed by atoms with Crippen LogP contribution in [0.5, 0.6) is 0 Å². The molecular formula is C10H16N2S. The number of hydrogen-bond acceptors (Lipinski definition) is 3. The molecule has 0 aliphatic rings. The lowest BCUT2D eigenvalue weighted by molar-refractivity contribution is 0.578. The van der Waals surface area contributed by atoms with Crippen molar-refractivity contribution in [1.82, 2.24) is 5.32 Å². The first kappa shape index (κ1) is 10.4. The maximum atomic E-state index is 5.66. The molecule has 0 spiro atoms. The quantitative estimate of drug-likeness (QED) is 0.706. The molecule has 3 N–H and O–H groups in total. The van der Waals surface area contributed by atoms with Crippen molar-refractivity contribution in [3.05, 3.63) is 34.5 Å². The number of hydrogen-bond donors (Lipinski definition) is 2. The van der Waals surface area contributed by atoms with Gasteiger partial charge in [0.05, 0.1) is 6.04 Å². The highest BCUT2D eigenvalue weighted by Crippen LogP contribution is 2.17. The number of nitrogens with two attached hydrogens (primary N) is 1. The van der Waals surface area contributed by atoms with E-state index in [0.29, 0.717) is 6.54 Å². The van der Waals surface area contributed by atoms with Crippen LogP contribution in [0.25, 0.3) is 0 Å². The fourth-order valence-corrected chi connectivity index (χ4v) is 1.90. The Hall–Kier alpha value is -0.640. The van der Waals surface area contributed by atoms with Crippen molar-refractivity contribution in [2.24, 2.45) is 5.73 Å². The molecule has 1 heterocycles. The van der Waals surface area contributed by atoms with Crippen LogP contribution in [0.15, 0.2) is 29.7 Å². The number of rotatable bonds is 5. The monoisotopic (exact) mass is 196 g/mol. The van der Waals surface area contributed by atoms with Crippen LogP contribution in [0.2, 0.25) is 0 Å². The highest BCUT2D eigenvalue weighted by Gasteiger charge is 2.08. The number of nitrogens with one attached hydrogen (secondary N) is 1. The molecule has 0 aliphatic carbocycles. The molecule has 0 fully saturated rings. The molecule has 1 rings (SSSR count). The minimum absolute atomic E-state index is 0.275. The van der Waals surface area contributed by atoms with Gasteiger partial charge in [-0.05, 0) is 18.4 Å². The Balaban J connectivity index is 2.49. The molecule has 3 heteroatoms. The number of thiophene rings is 1. The van der Waals surface area contributed by atoms with Gasteiger partial charge in [-0.1, -0.05) is 18.2 Å². The third-order valence-corrected chi connectivity index (χ3v) is 2.76. The second-order valence-electron chi connectivity index (χ2n) is 3.14. The highest BCUT2D eigenvalue weighted by molar-refractivity contribution is 7.10. The summed E-state index contributed by atoms with van der Waals surface area (Å²) in [6.45, 7) is 7.32. The van der Waals surface area contributed by atoms with Crippen LogP contribution >= 0.6 is 11.3 Å². The summed E-state index contributed by atoms with van der Waals surface area (Å²) in [6.07, 6.45) is 0. The zero-order valence-electron chi connectivity index (χ0n) is 7.92. The Morgan fingerprint density at radius 2 is 2.54 bits per heavy atom.